The third kappa shape index (κ3) is 6.02. The van der Waals surface area contributed by atoms with Crippen LogP contribution in [0.15, 0.2) is 48.8 Å². The lowest BCUT2D eigenvalue weighted by Gasteiger charge is -2.20. The summed E-state index contributed by atoms with van der Waals surface area (Å²) in [6.45, 7) is 0.889. The predicted molar refractivity (Wildman–Crippen MR) is 140 cm³/mol. The number of ether oxygens (including phenoxy) is 2. The van der Waals surface area contributed by atoms with Crippen LogP contribution in [0.4, 0.5) is 10.5 Å². The second-order valence-corrected chi connectivity index (χ2v) is 10.2. The fourth-order valence-corrected chi connectivity index (χ4v) is 5.33. The summed E-state index contributed by atoms with van der Waals surface area (Å²) in [4.78, 5) is 28.3. The van der Waals surface area contributed by atoms with Crippen molar-refractivity contribution in [3.05, 3.63) is 82.2 Å². The van der Waals surface area contributed by atoms with Crippen LogP contribution in [0.1, 0.15) is 46.2 Å². The Balaban J connectivity index is 1.32. The van der Waals surface area contributed by atoms with E-state index < -0.39 is 18.2 Å². The number of amides is 1. The van der Waals surface area contributed by atoms with Crippen LogP contribution in [0.2, 0.25) is 0 Å². The third-order valence-corrected chi connectivity index (χ3v) is 6.97. The molecule has 0 unspecified atom stereocenters. The van der Waals surface area contributed by atoms with Crippen LogP contribution in [0.25, 0.3) is 0 Å². The number of carbonyl (C=O) groups excluding carboxylic acids is 2. The summed E-state index contributed by atoms with van der Waals surface area (Å²) in [6.07, 6.45) is 7.97. The van der Waals surface area contributed by atoms with E-state index in [2.05, 4.69) is 16.5 Å². The molecule has 2 aromatic carbocycles. The van der Waals surface area contributed by atoms with Crippen LogP contribution in [0, 0.1) is 0 Å². The fraction of sp³-hybridized carbons (Fsp3) is 0.414. The van der Waals surface area contributed by atoms with E-state index in [1.54, 1.807) is 10.9 Å². The van der Waals surface area contributed by atoms with Crippen LogP contribution in [0.3, 0.4) is 0 Å². The maximum Gasteiger partial charge on any atom is 0.412 e. The van der Waals surface area contributed by atoms with E-state index in [0.29, 0.717) is 6.54 Å². The van der Waals surface area contributed by atoms with Crippen LogP contribution >= 0.6 is 0 Å². The van der Waals surface area contributed by atoms with Gasteiger partial charge in [0.15, 0.2) is 0 Å². The molecule has 2 aliphatic carbocycles. The number of carbonyl (C=O) groups is 2. The van der Waals surface area contributed by atoms with Gasteiger partial charge in [0.25, 0.3) is 0 Å². The van der Waals surface area contributed by atoms with Crippen molar-refractivity contribution >= 4 is 17.7 Å². The Hall–Kier alpha value is -3.65. The van der Waals surface area contributed by atoms with Gasteiger partial charge in [-0.05, 0) is 80.4 Å². The number of aryl methyl sites for hydroxylation is 2. The fourth-order valence-electron chi connectivity index (χ4n) is 5.33. The van der Waals surface area contributed by atoms with Gasteiger partial charge in [0.05, 0.1) is 18.4 Å². The first-order valence-electron chi connectivity index (χ1n) is 13.0. The molecular weight excluding hydrogens is 468 g/mol. The molecule has 8 heteroatoms. The molecule has 0 aliphatic heterocycles. The van der Waals surface area contributed by atoms with E-state index in [4.69, 9.17) is 9.47 Å². The van der Waals surface area contributed by atoms with Crippen molar-refractivity contribution in [1.29, 1.82) is 0 Å². The molecule has 37 heavy (non-hydrogen) atoms. The van der Waals surface area contributed by atoms with Crippen LogP contribution < -0.4 is 5.32 Å². The highest BCUT2D eigenvalue weighted by Gasteiger charge is 2.29. The molecule has 0 radical (unpaired) electrons. The molecular formula is C29H34N4O4. The van der Waals surface area contributed by atoms with Crippen molar-refractivity contribution in [2.75, 3.05) is 19.4 Å². The maximum absolute atomic E-state index is 13.2. The van der Waals surface area contributed by atoms with Gasteiger partial charge in [0, 0.05) is 18.3 Å². The van der Waals surface area contributed by atoms with Gasteiger partial charge in [-0.1, -0.05) is 36.4 Å². The third-order valence-electron chi connectivity index (χ3n) is 6.97. The Labute approximate surface area is 217 Å². The molecule has 1 atom stereocenters. The molecule has 1 heterocycles. The minimum Gasteiger partial charge on any atom is -0.458 e. The lowest BCUT2D eigenvalue weighted by atomic mass is 9.99. The van der Waals surface area contributed by atoms with E-state index in [0.717, 1.165) is 55.3 Å². The number of nitrogens with one attached hydrogen (secondary N) is 1. The molecule has 2 aliphatic rings. The lowest BCUT2D eigenvalue weighted by molar-refractivity contribution is -0.155. The molecule has 3 aromatic rings. The highest BCUT2D eigenvalue weighted by Crippen LogP contribution is 2.38. The first-order valence-corrected chi connectivity index (χ1v) is 13.0. The lowest BCUT2D eigenvalue weighted by Crippen LogP contribution is -2.35. The number of benzene rings is 2. The standard InChI is InChI=1S/C29H34N4O4/c1-32(2)16-21-15-30-33(17-21)18-26(28(34)36-19-20-8-4-3-5-9-20)37-29(35)31-27-24-12-6-10-22(24)14-23-11-7-13-25(23)27/h3-5,8-9,14-15,17,26H,6-7,10-13,16,18-19H2,1-2H3,(H,31,35)/t26-/m1/s1. The number of anilines is 1. The number of esters is 1. The summed E-state index contributed by atoms with van der Waals surface area (Å²) < 4.78 is 12.9. The molecule has 0 spiro atoms. The van der Waals surface area contributed by atoms with Gasteiger partial charge >= 0.3 is 12.1 Å². The minimum atomic E-state index is -1.14. The van der Waals surface area contributed by atoms with Gasteiger partial charge in [-0.2, -0.15) is 5.10 Å². The first-order chi connectivity index (χ1) is 18.0. The number of rotatable bonds is 9. The second-order valence-electron chi connectivity index (χ2n) is 10.2. The second kappa shape index (κ2) is 11.2. The molecule has 1 aromatic heterocycles. The average molecular weight is 503 g/mol. The molecule has 0 bridgehead atoms. The first kappa shape index (κ1) is 25.0. The monoisotopic (exact) mass is 502 g/mol. The van der Waals surface area contributed by atoms with Gasteiger partial charge in [0.1, 0.15) is 6.61 Å². The maximum atomic E-state index is 13.2. The normalized spacial score (nSPS) is 14.8. The molecule has 0 saturated carbocycles. The number of nitrogens with zero attached hydrogens (tertiary/aromatic N) is 3. The van der Waals surface area contributed by atoms with Crippen molar-refractivity contribution in [3.63, 3.8) is 0 Å². The summed E-state index contributed by atoms with van der Waals surface area (Å²) in [5, 5.41) is 7.38. The predicted octanol–water partition coefficient (Wildman–Crippen LogP) is 4.28. The quantitative estimate of drug-likeness (QED) is 0.440. The summed E-state index contributed by atoms with van der Waals surface area (Å²) in [7, 11) is 3.96. The summed E-state index contributed by atoms with van der Waals surface area (Å²) in [5.74, 6) is -0.604. The van der Waals surface area contributed by atoms with Gasteiger partial charge in [-0.25, -0.2) is 9.59 Å². The number of fused-ring (bicyclic) bond motifs is 2. The Morgan fingerprint density at radius 2 is 1.73 bits per heavy atom. The van der Waals surface area contributed by atoms with Crippen LogP contribution in [-0.2, 0) is 59.6 Å². The van der Waals surface area contributed by atoms with Crippen molar-refractivity contribution in [1.82, 2.24) is 14.7 Å². The average Bonchev–Trinajstić information content (AvgIpc) is 3.63. The Morgan fingerprint density at radius 3 is 2.41 bits per heavy atom. The van der Waals surface area contributed by atoms with Crippen molar-refractivity contribution in [3.8, 4) is 0 Å². The van der Waals surface area contributed by atoms with Gasteiger partial charge < -0.3 is 14.4 Å². The highest BCUT2D eigenvalue weighted by molar-refractivity contribution is 5.90. The van der Waals surface area contributed by atoms with Gasteiger partial charge in [0.2, 0.25) is 6.10 Å². The SMILES string of the molecule is CN(C)Cc1cnn(C[C@@H](OC(=O)Nc2c3c(cc4c2CCC4)CCC3)C(=O)OCc2ccccc2)c1. The van der Waals surface area contributed by atoms with Gasteiger partial charge in [-0.15, -0.1) is 0 Å². The minimum absolute atomic E-state index is 0.0689. The Kier molecular flexibility index (Phi) is 7.55. The van der Waals surface area contributed by atoms with E-state index in [-0.39, 0.29) is 13.2 Å². The van der Waals surface area contributed by atoms with Crippen molar-refractivity contribution in [2.24, 2.45) is 0 Å². The van der Waals surface area contributed by atoms with Crippen molar-refractivity contribution in [2.45, 2.75) is 64.3 Å². The zero-order valence-electron chi connectivity index (χ0n) is 21.5. The summed E-state index contributed by atoms with van der Waals surface area (Å²) in [6, 6.07) is 11.8. The molecule has 8 nitrogen and oxygen atoms in total. The van der Waals surface area contributed by atoms with E-state index in [1.165, 1.54) is 22.3 Å². The summed E-state index contributed by atoms with van der Waals surface area (Å²) in [5.41, 5.74) is 7.81. The molecule has 1 N–H and O–H groups in total. The largest absolute Gasteiger partial charge is 0.458 e. The van der Waals surface area contributed by atoms with E-state index in [9.17, 15) is 9.59 Å². The number of aromatic nitrogens is 2. The van der Waals surface area contributed by atoms with E-state index in [1.807, 2.05) is 55.5 Å². The topological polar surface area (TPSA) is 85.7 Å². The zero-order valence-corrected chi connectivity index (χ0v) is 21.5. The zero-order chi connectivity index (χ0) is 25.8. The van der Waals surface area contributed by atoms with E-state index >= 15 is 0 Å². The molecule has 5 rings (SSSR count). The smallest absolute Gasteiger partial charge is 0.412 e. The van der Waals surface area contributed by atoms with Crippen LogP contribution in [-0.4, -0.2) is 46.9 Å². The molecule has 0 saturated heterocycles. The highest BCUT2D eigenvalue weighted by atomic mass is 16.6. The Bertz CT molecular complexity index is 1240. The molecule has 194 valence electrons. The Morgan fingerprint density at radius 1 is 1.03 bits per heavy atom. The molecule has 0 fully saturated rings. The number of hydrogen-bond donors (Lipinski definition) is 1. The van der Waals surface area contributed by atoms with Gasteiger partial charge in [-0.3, -0.25) is 10.00 Å². The van der Waals surface area contributed by atoms with Crippen molar-refractivity contribution < 1.29 is 19.1 Å². The molecule has 1 amide bonds. The number of hydrogen-bond acceptors (Lipinski definition) is 6. The van der Waals surface area contributed by atoms with Crippen LogP contribution in [0.5, 0.6) is 0 Å². The summed E-state index contributed by atoms with van der Waals surface area (Å²) >= 11 is 0.